The average molecular weight is 363 g/mol. The lowest BCUT2D eigenvalue weighted by molar-refractivity contribution is 0.0950. The lowest BCUT2D eigenvalue weighted by Gasteiger charge is -2.11. The van der Waals surface area contributed by atoms with Crippen LogP contribution >= 0.6 is 0 Å². The van der Waals surface area contributed by atoms with Gasteiger partial charge in [-0.15, -0.1) is 0 Å². The molecule has 27 heavy (non-hydrogen) atoms. The molecule has 0 saturated heterocycles. The molecule has 0 aliphatic carbocycles. The first-order valence-corrected chi connectivity index (χ1v) is 8.98. The molecule has 0 fully saturated rings. The minimum atomic E-state index is -0.105. The fourth-order valence-electron chi connectivity index (χ4n) is 2.93. The summed E-state index contributed by atoms with van der Waals surface area (Å²) in [6, 6.07) is 13.7. The number of amides is 1. The molecular formula is C22H25N3O2. The van der Waals surface area contributed by atoms with Crippen LogP contribution in [0.3, 0.4) is 0 Å². The molecule has 3 aromatic rings. The fraction of sp³-hybridized carbons (Fsp3) is 0.273. The number of ether oxygens (including phenoxy) is 1. The number of carbonyl (C=O) groups is 1. The summed E-state index contributed by atoms with van der Waals surface area (Å²) in [6.45, 7) is 6.89. The maximum Gasteiger partial charge on any atom is 0.251 e. The Hall–Kier alpha value is -3.08. The van der Waals surface area contributed by atoms with Crippen molar-refractivity contribution < 1.29 is 9.53 Å². The average Bonchev–Trinajstić information content (AvgIpc) is 2.98. The van der Waals surface area contributed by atoms with Gasteiger partial charge in [-0.3, -0.25) is 9.48 Å². The van der Waals surface area contributed by atoms with E-state index in [0.29, 0.717) is 18.7 Å². The van der Waals surface area contributed by atoms with Gasteiger partial charge in [0.25, 0.3) is 5.91 Å². The summed E-state index contributed by atoms with van der Waals surface area (Å²) < 4.78 is 7.70. The van der Waals surface area contributed by atoms with Gasteiger partial charge in [0.1, 0.15) is 12.4 Å². The standard InChI is InChI=1S/C22H25N3O2/c1-15-8-9-16(2)21(10-15)27-14-18-6-5-7-19(11-18)22(26)23-12-20-13-25(4)24-17(20)3/h5-11,13H,12,14H2,1-4H3,(H,23,26). The van der Waals surface area contributed by atoms with Crippen molar-refractivity contribution in [1.29, 1.82) is 0 Å². The Bertz CT molecular complexity index is 960. The third kappa shape index (κ3) is 4.76. The van der Waals surface area contributed by atoms with Crippen molar-refractivity contribution in [3.8, 4) is 5.75 Å². The van der Waals surface area contributed by atoms with Gasteiger partial charge in [-0.25, -0.2) is 0 Å². The van der Waals surface area contributed by atoms with E-state index < -0.39 is 0 Å². The van der Waals surface area contributed by atoms with Gasteiger partial charge in [-0.2, -0.15) is 5.10 Å². The van der Waals surface area contributed by atoms with E-state index in [4.69, 9.17) is 4.74 Å². The summed E-state index contributed by atoms with van der Waals surface area (Å²) in [6.07, 6.45) is 1.92. The van der Waals surface area contributed by atoms with Crippen LogP contribution in [0.15, 0.2) is 48.7 Å². The summed E-state index contributed by atoms with van der Waals surface area (Å²) in [5.41, 5.74) is 5.78. The molecule has 0 atom stereocenters. The number of benzene rings is 2. The second-order valence-corrected chi connectivity index (χ2v) is 6.85. The molecule has 0 bridgehead atoms. The molecule has 0 aliphatic rings. The topological polar surface area (TPSA) is 56.1 Å². The smallest absolute Gasteiger partial charge is 0.251 e. The van der Waals surface area contributed by atoms with Crippen molar-refractivity contribution >= 4 is 5.91 Å². The number of aromatic nitrogens is 2. The quantitative estimate of drug-likeness (QED) is 0.724. The van der Waals surface area contributed by atoms with Crippen molar-refractivity contribution in [1.82, 2.24) is 15.1 Å². The SMILES string of the molecule is Cc1ccc(C)c(OCc2cccc(C(=O)NCc3cn(C)nc3C)c2)c1. The van der Waals surface area contributed by atoms with Crippen LogP contribution in [0.4, 0.5) is 0 Å². The van der Waals surface area contributed by atoms with Gasteiger partial charge < -0.3 is 10.1 Å². The molecule has 0 spiro atoms. The van der Waals surface area contributed by atoms with E-state index in [2.05, 4.69) is 22.5 Å². The van der Waals surface area contributed by atoms with Gasteiger partial charge in [0.2, 0.25) is 0 Å². The van der Waals surface area contributed by atoms with Crippen LogP contribution in [0, 0.1) is 20.8 Å². The van der Waals surface area contributed by atoms with Gasteiger partial charge in [-0.1, -0.05) is 24.3 Å². The van der Waals surface area contributed by atoms with Crippen LogP contribution in [0.5, 0.6) is 5.75 Å². The molecule has 140 valence electrons. The number of aryl methyl sites for hydroxylation is 4. The minimum absolute atomic E-state index is 0.105. The molecule has 1 N–H and O–H groups in total. The zero-order chi connectivity index (χ0) is 19.4. The summed E-state index contributed by atoms with van der Waals surface area (Å²) >= 11 is 0. The zero-order valence-corrected chi connectivity index (χ0v) is 16.2. The fourth-order valence-corrected chi connectivity index (χ4v) is 2.93. The van der Waals surface area contributed by atoms with E-state index in [1.165, 1.54) is 0 Å². The summed E-state index contributed by atoms with van der Waals surface area (Å²) in [5, 5.41) is 7.24. The van der Waals surface area contributed by atoms with Crippen molar-refractivity contribution in [2.24, 2.45) is 7.05 Å². The zero-order valence-electron chi connectivity index (χ0n) is 16.2. The van der Waals surface area contributed by atoms with Gasteiger partial charge in [0, 0.05) is 30.9 Å². The Labute approximate surface area is 160 Å². The molecule has 2 aromatic carbocycles. The van der Waals surface area contributed by atoms with Crippen molar-refractivity contribution in [3.63, 3.8) is 0 Å². The first-order valence-electron chi connectivity index (χ1n) is 8.98. The molecule has 0 aliphatic heterocycles. The predicted octanol–water partition coefficient (Wildman–Crippen LogP) is 3.85. The maximum absolute atomic E-state index is 12.5. The second-order valence-electron chi connectivity index (χ2n) is 6.85. The first-order chi connectivity index (χ1) is 12.9. The lowest BCUT2D eigenvalue weighted by atomic mass is 10.1. The lowest BCUT2D eigenvalue weighted by Crippen LogP contribution is -2.23. The molecule has 0 unspecified atom stereocenters. The first kappa shape index (κ1) is 18.7. The van der Waals surface area contributed by atoms with Crippen LogP contribution in [0.25, 0.3) is 0 Å². The third-order valence-electron chi connectivity index (χ3n) is 4.48. The number of carbonyl (C=O) groups excluding carboxylic acids is 1. The van der Waals surface area contributed by atoms with E-state index in [-0.39, 0.29) is 5.91 Å². The molecule has 0 saturated carbocycles. The Kier molecular flexibility index (Phi) is 5.60. The van der Waals surface area contributed by atoms with Crippen LogP contribution in [0.2, 0.25) is 0 Å². The van der Waals surface area contributed by atoms with Crippen molar-refractivity contribution in [2.75, 3.05) is 0 Å². The molecular weight excluding hydrogens is 338 g/mol. The molecule has 1 aromatic heterocycles. The highest BCUT2D eigenvalue weighted by Gasteiger charge is 2.09. The molecule has 0 radical (unpaired) electrons. The monoisotopic (exact) mass is 363 g/mol. The maximum atomic E-state index is 12.5. The van der Waals surface area contributed by atoms with Gasteiger partial charge in [0.05, 0.1) is 5.69 Å². The van der Waals surface area contributed by atoms with Crippen molar-refractivity contribution in [3.05, 3.63) is 82.2 Å². The minimum Gasteiger partial charge on any atom is -0.489 e. The highest BCUT2D eigenvalue weighted by molar-refractivity contribution is 5.94. The van der Waals surface area contributed by atoms with Gasteiger partial charge in [-0.05, 0) is 55.7 Å². The Morgan fingerprint density at radius 2 is 1.96 bits per heavy atom. The molecule has 5 heteroatoms. The normalized spacial score (nSPS) is 10.7. The van der Waals surface area contributed by atoms with Crippen LogP contribution in [0.1, 0.15) is 38.3 Å². The number of rotatable bonds is 6. The Balaban J connectivity index is 1.63. The Morgan fingerprint density at radius 3 is 2.70 bits per heavy atom. The van der Waals surface area contributed by atoms with Gasteiger partial charge >= 0.3 is 0 Å². The van der Waals surface area contributed by atoms with Crippen LogP contribution in [-0.2, 0) is 20.2 Å². The highest BCUT2D eigenvalue weighted by Crippen LogP contribution is 2.20. The second kappa shape index (κ2) is 8.08. The summed E-state index contributed by atoms with van der Waals surface area (Å²) in [5.74, 6) is 0.767. The van der Waals surface area contributed by atoms with Crippen LogP contribution in [-0.4, -0.2) is 15.7 Å². The largest absolute Gasteiger partial charge is 0.489 e. The predicted molar refractivity (Wildman–Crippen MR) is 106 cm³/mol. The third-order valence-corrected chi connectivity index (χ3v) is 4.48. The van der Waals surface area contributed by atoms with E-state index in [0.717, 1.165) is 33.7 Å². The summed E-state index contributed by atoms with van der Waals surface area (Å²) in [4.78, 5) is 12.5. The number of nitrogens with zero attached hydrogens (tertiary/aromatic N) is 2. The summed E-state index contributed by atoms with van der Waals surface area (Å²) in [7, 11) is 1.87. The highest BCUT2D eigenvalue weighted by atomic mass is 16.5. The molecule has 5 nitrogen and oxygen atoms in total. The number of hydrogen-bond donors (Lipinski definition) is 1. The molecule has 1 amide bonds. The molecule has 3 rings (SSSR count). The van der Waals surface area contributed by atoms with E-state index in [1.807, 2.05) is 64.3 Å². The van der Waals surface area contributed by atoms with E-state index in [1.54, 1.807) is 4.68 Å². The van der Waals surface area contributed by atoms with E-state index >= 15 is 0 Å². The number of nitrogens with one attached hydrogen (secondary N) is 1. The van der Waals surface area contributed by atoms with Crippen molar-refractivity contribution in [2.45, 2.75) is 33.9 Å². The Morgan fingerprint density at radius 1 is 1.15 bits per heavy atom. The van der Waals surface area contributed by atoms with Crippen LogP contribution < -0.4 is 10.1 Å². The van der Waals surface area contributed by atoms with E-state index in [9.17, 15) is 4.79 Å². The number of hydrogen-bond acceptors (Lipinski definition) is 3. The molecule has 1 heterocycles. The van der Waals surface area contributed by atoms with Gasteiger partial charge in [0.15, 0.2) is 0 Å².